The maximum atomic E-state index is 12.3. The molecule has 0 saturated heterocycles. The van der Waals surface area contributed by atoms with Gasteiger partial charge in [-0.25, -0.2) is 0 Å². The molecule has 1 saturated carbocycles. The fraction of sp³-hybridized carbons (Fsp3) is 0.462. The average molecular weight is 317 g/mol. The number of amides is 1. The van der Waals surface area contributed by atoms with Gasteiger partial charge in [-0.3, -0.25) is 4.79 Å². The van der Waals surface area contributed by atoms with Crippen molar-refractivity contribution in [2.45, 2.75) is 25.3 Å². The van der Waals surface area contributed by atoms with Gasteiger partial charge >= 0.3 is 0 Å². The van der Waals surface area contributed by atoms with Crippen molar-refractivity contribution in [2.75, 3.05) is 12.4 Å². The van der Waals surface area contributed by atoms with Gasteiger partial charge in [0.05, 0.1) is 0 Å². The van der Waals surface area contributed by atoms with E-state index in [1.165, 1.54) is 6.42 Å². The molecule has 0 radical (unpaired) electrons. The zero-order chi connectivity index (χ0) is 12.3. The molecule has 1 aromatic rings. The van der Waals surface area contributed by atoms with Gasteiger partial charge in [0.2, 0.25) is 0 Å². The Morgan fingerprint density at radius 3 is 2.47 bits per heavy atom. The molecule has 2 nitrogen and oxygen atoms in total. The Hall–Kier alpha value is -0.540. The Labute approximate surface area is 115 Å². The van der Waals surface area contributed by atoms with E-state index in [2.05, 4.69) is 15.9 Å². The molecule has 0 heterocycles. The second-order valence-electron chi connectivity index (χ2n) is 4.28. The molecule has 0 aliphatic heterocycles. The molecule has 1 aromatic carbocycles. The summed E-state index contributed by atoms with van der Waals surface area (Å²) in [4.78, 5) is 14.2. The molecule has 4 heteroatoms. The molecule has 0 atom stereocenters. The summed E-state index contributed by atoms with van der Waals surface area (Å²) in [6.07, 6.45) is 3.44. The van der Waals surface area contributed by atoms with Crippen LogP contribution < -0.4 is 0 Å². The number of nitrogens with zero attached hydrogens (tertiary/aromatic N) is 1. The van der Waals surface area contributed by atoms with Crippen LogP contribution >= 0.6 is 27.5 Å². The van der Waals surface area contributed by atoms with Crippen LogP contribution in [0.1, 0.15) is 29.6 Å². The summed E-state index contributed by atoms with van der Waals surface area (Å²) in [5.41, 5.74) is 0.741. The number of carbonyl (C=O) groups is 1. The number of alkyl halides is 1. The highest BCUT2D eigenvalue weighted by molar-refractivity contribution is 9.10. The van der Waals surface area contributed by atoms with Crippen molar-refractivity contribution in [2.24, 2.45) is 0 Å². The standard InChI is InChI=1S/C13H15BrClNO/c14-11-6-4-10(5-7-11)13(17)16(9-8-15)12-2-1-3-12/h4-7,12H,1-3,8-9H2. The fourth-order valence-electron chi connectivity index (χ4n) is 2.00. The summed E-state index contributed by atoms with van der Waals surface area (Å²) < 4.78 is 0.988. The van der Waals surface area contributed by atoms with E-state index < -0.39 is 0 Å². The largest absolute Gasteiger partial charge is 0.334 e. The summed E-state index contributed by atoms with van der Waals surface area (Å²) >= 11 is 9.15. The Morgan fingerprint density at radius 2 is 2.00 bits per heavy atom. The summed E-state index contributed by atoms with van der Waals surface area (Å²) in [7, 11) is 0. The third-order valence-corrected chi connectivity index (χ3v) is 3.89. The van der Waals surface area contributed by atoms with Crippen molar-refractivity contribution in [1.29, 1.82) is 0 Å². The Balaban J connectivity index is 2.12. The van der Waals surface area contributed by atoms with Crippen LogP contribution in [-0.2, 0) is 0 Å². The summed E-state index contributed by atoms with van der Waals surface area (Å²) in [5.74, 6) is 0.599. The molecule has 1 amide bonds. The van der Waals surface area contributed by atoms with Crippen LogP contribution in [-0.4, -0.2) is 29.3 Å². The van der Waals surface area contributed by atoms with Crippen molar-refractivity contribution in [3.05, 3.63) is 34.3 Å². The molecule has 92 valence electrons. The molecule has 0 bridgehead atoms. The molecular weight excluding hydrogens is 302 g/mol. The minimum absolute atomic E-state index is 0.0999. The van der Waals surface area contributed by atoms with E-state index in [1.54, 1.807) is 0 Å². The molecule has 1 aliphatic rings. The van der Waals surface area contributed by atoms with E-state index in [0.29, 0.717) is 18.5 Å². The number of benzene rings is 1. The number of hydrogen-bond donors (Lipinski definition) is 0. The Bertz CT molecular complexity index is 389. The topological polar surface area (TPSA) is 20.3 Å². The van der Waals surface area contributed by atoms with Crippen molar-refractivity contribution in [3.63, 3.8) is 0 Å². The van der Waals surface area contributed by atoms with Crippen LogP contribution in [0.3, 0.4) is 0 Å². The molecule has 2 rings (SSSR count). The number of halogens is 2. The molecule has 0 N–H and O–H groups in total. The minimum atomic E-state index is 0.0999. The van der Waals surface area contributed by atoms with Crippen molar-refractivity contribution in [1.82, 2.24) is 4.90 Å². The van der Waals surface area contributed by atoms with Crippen molar-refractivity contribution < 1.29 is 4.79 Å². The van der Waals surface area contributed by atoms with E-state index in [-0.39, 0.29) is 5.91 Å². The van der Waals surface area contributed by atoms with Gasteiger partial charge in [-0.15, -0.1) is 11.6 Å². The Morgan fingerprint density at radius 1 is 1.35 bits per heavy atom. The minimum Gasteiger partial charge on any atom is -0.334 e. The second-order valence-corrected chi connectivity index (χ2v) is 5.57. The van der Waals surface area contributed by atoms with Gasteiger partial charge in [-0.05, 0) is 43.5 Å². The van der Waals surface area contributed by atoms with Crippen molar-refractivity contribution in [3.8, 4) is 0 Å². The first-order valence-corrected chi connectivity index (χ1v) is 7.17. The number of hydrogen-bond acceptors (Lipinski definition) is 1. The lowest BCUT2D eigenvalue weighted by atomic mass is 9.91. The monoisotopic (exact) mass is 315 g/mol. The van der Waals surface area contributed by atoms with Crippen LogP contribution in [0.25, 0.3) is 0 Å². The maximum absolute atomic E-state index is 12.3. The molecule has 17 heavy (non-hydrogen) atoms. The van der Waals surface area contributed by atoms with Crippen molar-refractivity contribution >= 4 is 33.4 Å². The highest BCUT2D eigenvalue weighted by atomic mass is 79.9. The van der Waals surface area contributed by atoms with E-state index in [4.69, 9.17) is 11.6 Å². The predicted octanol–water partition coefficient (Wildman–Crippen LogP) is 3.68. The molecule has 0 spiro atoms. The van der Waals surface area contributed by atoms with E-state index in [9.17, 15) is 4.79 Å². The summed E-state index contributed by atoms with van der Waals surface area (Å²) in [6.45, 7) is 0.640. The van der Waals surface area contributed by atoms with Gasteiger partial charge in [0.25, 0.3) is 5.91 Å². The number of carbonyl (C=O) groups excluding carboxylic acids is 1. The first-order valence-electron chi connectivity index (χ1n) is 5.85. The highest BCUT2D eigenvalue weighted by Gasteiger charge is 2.28. The lowest BCUT2D eigenvalue weighted by Crippen LogP contribution is -2.45. The smallest absolute Gasteiger partial charge is 0.254 e. The normalized spacial score (nSPS) is 15.4. The lowest BCUT2D eigenvalue weighted by molar-refractivity contribution is 0.0598. The Kier molecular flexibility index (Phi) is 4.46. The maximum Gasteiger partial charge on any atom is 0.254 e. The highest BCUT2D eigenvalue weighted by Crippen LogP contribution is 2.26. The summed E-state index contributed by atoms with van der Waals surface area (Å²) in [5, 5.41) is 0. The molecule has 0 aromatic heterocycles. The average Bonchev–Trinajstić information content (AvgIpc) is 2.26. The van der Waals surface area contributed by atoms with Crippen LogP contribution in [0.5, 0.6) is 0 Å². The zero-order valence-corrected chi connectivity index (χ0v) is 11.9. The summed E-state index contributed by atoms with van der Waals surface area (Å²) in [6, 6.07) is 7.89. The van der Waals surface area contributed by atoms with Crippen LogP contribution in [0, 0.1) is 0 Å². The molecule has 1 aliphatic carbocycles. The predicted molar refractivity (Wildman–Crippen MR) is 73.5 cm³/mol. The zero-order valence-electron chi connectivity index (χ0n) is 9.53. The van der Waals surface area contributed by atoms with Gasteiger partial charge in [0, 0.05) is 28.5 Å². The molecule has 1 fully saturated rings. The van der Waals surface area contributed by atoms with Gasteiger partial charge in [0.15, 0.2) is 0 Å². The first-order chi connectivity index (χ1) is 8.22. The third-order valence-electron chi connectivity index (χ3n) is 3.19. The quantitative estimate of drug-likeness (QED) is 0.776. The van der Waals surface area contributed by atoms with E-state index >= 15 is 0 Å². The molecular formula is C13H15BrClNO. The third kappa shape index (κ3) is 3.02. The SMILES string of the molecule is O=C(c1ccc(Br)cc1)N(CCCl)C1CCC1. The van der Waals surface area contributed by atoms with Gasteiger partial charge in [0.1, 0.15) is 0 Å². The lowest BCUT2D eigenvalue weighted by Gasteiger charge is -2.37. The van der Waals surface area contributed by atoms with Crippen LogP contribution in [0.15, 0.2) is 28.7 Å². The van der Waals surface area contributed by atoms with Gasteiger partial charge < -0.3 is 4.90 Å². The molecule has 0 unspecified atom stereocenters. The van der Waals surface area contributed by atoms with E-state index in [0.717, 1.165) is 22.9 Å². The fourth-order valence-corrected chi connectivity index (χ4v) is 2.44. The van der Waals surface area contributed by atoms with E-state index in [1.807, 2.05) is 29.2 Å². The number of rotatable bonds is 4. The van der Waals surface area contributed by atoms with Crippen LogP contribution in [0.4, 0.5) is 0 Å². The first kappa shape index (κ1) is 12.9. The van der Waals surface area contributed by atoms with Gasteiger partial charge in [-0.1, -0.05) is 15.9 Å². The second kappa shape index (κ2) is 5.87. The van der Waals surface area contributed by atoms with Gasteiger partial charge in [-0.2, -0.15) is 0 Å². The van der Waals surface area contributed by atoms with Crippen LogP contribution in [0.2, 0.25) is 0 Å².